The predicted molar refractivity (Wildman–Crippen MR) is 93.1 cm³/mol. The lowest BCUT2D eigenvalue weighted by Gasteiger charge is -2.10. The molecule has 0 saturated carbocycles. The molecule has 4 aromatic rings. The van der Waals surface area contributed by atoms with Crippen molar-refractivity contribution in [3.8, 4) is 11.4 Å². The first-order valence-corrected chi connectivity index (χ1v) is 7.35. The number of benzene rings is 2. The summed E-state index contributed by atoms with van der Waals surface area (Å²) in [4.78, 5) is 12.7. The Morgan fingerprint density at radius 3 is 2.58 bits per heavy atom. The number of hydrogen-bond donors (Lipinski definition) is 2. The summed E-state index contributed by atoms with van der Waals surface area (Å²) in [5.74, 6) is 1.78. The van der Waals surface area contributed by atoms with Gasteiger partial charge >= 0.3 is 0 Å². The lowest BCUT2D eigenvalue weighted by Crippen LogP contribution is -1.99. The van der Waals surface area contributed by atoms with E-state index in [1.54, 1.807) is 0 Å². The maximum atomic E-state index is 7.20. The number of nitrogens with zero attached hydrogens (tertiary/aromatic N) is 4. The number of aromatic amines is 1. The number of rotatable bonds is 3. The van der Waals surface area contributed by atoms with Crippen LogP contribution in [0.1, 0.15) is 0 Å². The zero-order valence-electron chi connectivity index (χ0n) is 12.6. The van der Waals surface area contributed by atoms with Gasteiger partial charge in [0.1, 0.15) is 11.6 Å². The highest BCUT2D eigenvalue weighted by molar-refractivity contribution is 5.92. The molecular weight excluding hydrogens is 300 g/mol. The number of anilines is 2. The first-order chi connectivity index (χ1) is 11.8. The van der Waals surface area contributed by atoms with E-state index < -0.39 is 0 Å². The van der Waals surface area contributed by atoms with Crippen LogP contribution in [0.4, 0.5) is 17.3 Å². The summed E-state index contributed by atoms with van der Waals surface area (Å²) in [7, 11) is 0. The third-order valence-corrected chi connectivity index (χ3v) is 3.62. The van der Waals surface area contributed by atoms with E-state index in [0.717, 1.165) is 16.5 Å². The lowest BCUT2D eigenvalue weighted by atomic mass is 10.2. The number of hydrogen-bond acceptors (Lipinski definition) is 4. The van der Waals surface area contributed by atoms with Crippen LogP contribution in [0.5, 0.6) is 0 Å². The fourth-order valence-corrected chi connectivity index (χ4v) is 2.46. The van der Waals surface area contributed by atoms with Crippen LogP contribution in [-0.2, 0) is 0 Å². The van der Waals surface area contributed by atoms with Gasteiger partial charge in [0.2, 0.25) is 5.69 Å². The van der Waals surface area contributed by atoms with E-state index >= 15 is 0 Å². The van der Waals surface area contributed by atoms with E-state index in [0.29, 0.717) is 23.1 Å². The maximum absolute atomic E-state index is 7.20. The van der Waals surface area contributed by atoms with Gasteiger partial charge in [-0.2, -0.15) is 5.10 Å². The molecule has 2 aromatic heterocycles. The summed E-state index contributed by atoms with van der Waals surface area (Å²) in [6, 6.07) is 17.5. The van der Waals surface area contributed by atoms with Gasteiger partial charge in [0.15, 0.2) is 5.82 Å². The third-order valence-electron chi connectivity index (χ3n) is 3.62. The van der Waals surface area contributed by atoms with Gasteiger partial charge in [-0.05, 0) is 12.1 Å². The second-order valence-corrected chi connectivity index (χ2v) is 5.15. The monoisotopic (exact) mass is 312 g/mol. The minimum absolute atomic E-state index is 0.416. The standard InChI is InChI=1S/C18H12N6/c1-19-15-11-20-24-18(15)23-17-13-9-5-6-10-14(13)21-16(22-17)12-7-3-2-4-8-12/h2-11H,(H2,20,21,22,23,24). The van der Waals surface area contributed by atoms with Crippen molar-refractivity contribution in [2.24, 2.45) is 0 Å². The second kappa shape index (κ2) is 5.82. The summed E-state index contributed by atoms with van der Waals surface area (Å²) >= 11 is 0. The van der Waals surface area contributed by atoms with Crippen LogP contribution in [0.3, 0.4) is 0 Å². The zero-order chi connectivity index (χ0) is 16.4. The van der Waals surface area contributed by atoms with Crippen LogP contribution >= 0.6 is 0 Å². The summed E-state index contributed by atoms with van der Waals surface area (Å²) in [6.07, 6.45) is 1.48. The number of nitrogens with one attached hydrogen (secondary N) is 2. The first-order valence-electron chi connectivity index (χ1n) is 7.35. The van der Waals surface area contributed by atoms with Crippen molar-refractivity contribution >= 4 is 28.2 Å². The minimum atomic E-state index is 0.416. The van der Waals surface area contributed by atoms with Crippen molar-refractivity contribution in [3.63, 3.8) is 0 Å². The summed E-state index contributed by atoms with van der Waals surface area (Å²) in [5.41, 5.74) is 2.18. The van der Waals surface area contributed by atoms with Gasteiger partial charge < -0.3 is 5.32 Å². The van der Waals surface area contributed by atoms with Crippen LogP contribution in [0.25, 0.3) is 27.1 Å². The van der Waals surface area contributed by atoms with E-state index in [-0.39, 0.29) is 0 Å². The molecule has 6 nitrogen and oxygen atoms in total. The normalized spacial score (nSPS) is 10.5. The van der Waals surface area contributed by atoms with Gasteiger partial charge in [0.05, 0.1) is 18.3 Å². The SMILES string of the molecule is [C-]#[N+]c1cn[nH]c1Nc1nc(-c2ccccc2)nc2ccccc12. The van der Waals surface area contributed by atoms with E-state index in [1.807, 2.05) is 54.6 Å². The highest BCUT2D eigenvalue weighted by atomic mass is 15.2. The molecule has 0 saturated heterocycles. The summed E-state index contributed by atoms with van der Waals surface area (Å²) in [5, 5.41) is 10.8. The largest absolute Gasteiger partial charge is 0.334 e. The fraction of sp³-hybridized carbons (Fsp3) is 0. The Kier molecular flexibility index (Phi) is 3.37. The van der Waals surface area contributed by atoms with Crippen molar-refractivity contribution in [2.75, 3.05) is 5.32 Å². The molecule has 24 heavy (non-hydrogen) atoms. The Bertz CT molecular complexity index is 1050. The number of fused-ring (bicyclic) bond motifs is 1. The molecule has 0 spiro atoms. The second-order valence-electron chi connectivity index (χ2n) is 5.15. The number of H-pyrrole nitrogens is 1. The topological polar surface area (TPSA) is 70.8 Å². The Hall–Kier alpha value is -3.72. The average molecular weight is 312 g/mol. The first kappa shape index (κ1) is 13.9. The molecule has 2 aromatic carbocycles. The van der Waals surface area contributed by atoms with Crippen molar-refractivity contribution in [1.82, 2.24) is 20.2 Å². The molecule has 0 aliphatic heterocycles. The molecule has 2 heterocycles. The molecule has 0 aliphatic rings. The molecule has 0 bridgehead atoms. The van der Waals surface area contributed by atoms with E-state index in [1.165, 1.54) is 6.20 Å². The minimum Gasteiger partial charge on any atom is -0.334 e. The highest BCUT2D eigenvalue weighted by Crippen LogP contribution is 2.30. The van der Waals surface area contributed by atoms with Crippen molar-refractivity contribution < 1.29 is 0 Å². The molecule has 4 rings (SSSR count). The van der Waals surface area contributed by atoms with Crippen molar-refractivity contribution in [2.45, 2.75) is 0 Å². The van der Waals surface area contributed by atoms with Crippen LogP contribution in [0.15, 0.2) is 60.8 Å². The molecular formula is C18H12N6. The Morgan fingerprint density at radius 2 is 1.75 bits per heavy atom. The molecule has 0 amide bonds. The zero-order valence-corrected chi connectivity index (χ0v) is 12.6. The fourth-order valence-electron chi connectivity index (χ4n) is 2.46. The Morgan fingerprint density at radius 1 is 0.958 bits per heavy atom. The van der Waals surface area contributed by atoms with Gasteiger partial charge in [0, 0.05) is 10.9 Å². The molecule has 0 radical (unpaired) electrons. The molecule has 0 unspecified atom stereocenters. The van der Waals surface area contributed by atoms with Crippen molar-refractivity contribution in [1.29, 1.82) is 0 Å². The van der Waals surface area contributed by atoms with Crippen LogP contribution < -0.4 is 5.32 Å². The highest BCUT2D eigenvalue weighted by Gasteiger charge is 2.12. The van der Waals surface area contributed by atoms with Crippen molar-refractivity contribution in [3.05, 3.63) is 72.2 Å². The summed E-state index contributed by atoms with van der Waals surface area (Å²) < 4.78 is 0. The molecule has 0 atom stereocenters. The smallest absolute Gasteiger partial charge is 0.247 e. The Labute approximate surface area is 138 Å². The molecule has 6 heteroatoms. The van der Waals surface area contributed by atoms with E-state index in [9.17, 15) is 0 Å². The van der Waals surface area contributed by atoms with Gasteiger partial charge in [0.25, 0.3) is 0 Å². The maximum Gasteiger partial charge on any atom is 0.247 e. The van der Waals surface area contributed by atoms with Gasteiger partial charge in [-0.15, -0.1) is 0 Å². The van der Waals surface area contributed by atoms with Gasteiger partial charge in [-0.25, -0.2) is 14.8 Å². The van der Waals surface area contributed by atoms with E-state index in [4.69, 9.17) is 6.57 Å². The molecule has 114 valence electrons. The molecule has 0 fully saturated rings. The van der Waals surface area contributed by atoms with E-state index in [2.05, 4.69) is 30.3 Å². The average Bonchev–Trinajstić information content (AvgIpc) is 3.09. The Balaban J connectivity index is 1.89. The molecule has 0 aliphatic carbocycles. The third kappa shape index (κ3) is 2.44. The summed E-state index contributed by atoms with van der Waals surface area (Å²) in [6.45, 7) is 7.20. The predicted octanol–water partition coefficient (Wildman–Crippen LogP) is 4.31. The van der Waals surface area contributed by atoms with Gasteiger partial charge in [-0.3, -0.25) is 5.10 Å². The van der Waals surface area contributed by atoms with Crippen LogP contribution in [0, 0.1) is 6.57 Å². The van der Waals surface area contributed by atoms with Crippen LogP contribution in [-0.4, -0.2) is 20.2 Å². The van der Waals surface area contributed by atoms with Crippen LogP contribution in [0.2, 0.25) is 0 Å². The quantitative estimate of drug-likeness (QED) is 0.553. The number of para-hydroxylation sites is 1. The molecule has 2 N–H and O–H groups in total. The van der Waals surface area contributed by atoms with Gasteiger partial charge in [-0.1, -0.05) is 42.5 Å². The lowest BCUT2D eigenvalue weighted by molar-refractivity contribution is 1.09. The number of aromatic nitrogens is 4.